The normalized spacial score (nSPS) is 26.1. The largest absolute Gasteiger partial charge is 0.481 e. The van der Waals surface area contributed by atoms with E-state index < -0.39 is 35.7 Å². The van der Waals surface area contributed by atoms with E-state index >= 15 is 0 Å². The maximum atomic E-state index is 13.1. The van der Waals surface area contributed by atoms with Gasteiger partial charge in [-0.2, -0.15) is 0 Å². The van der Waals surface area contributed by atoms with Crippen LogP contribution in [0.2, 0.25) is 0 Å². The van der Waals surface area contributed by atoms with Gasteiger partial charge >= 0.3 is 17.9 Å². The van der Waals surface area contributed by atoms with Crippen molar-refractivity contribution >= 4 is 17.9 Å². The molecule has 2 heterocycles. The zero-order valence-corrected chi connectivity index (χ0v) is 16.4. The number of hydrogen-bond acceptors (Lipinski definition) is 6. The van der Waals surface area contributed by atoms with Crippen molar-refractivity contribution < 1.29 is 33.4 Å². The van der Waals surface area contributed by atoms with Crippen molar-refractivity contribution in [2.45, 2.75) is 56.7 Å². The molecule has 2 fully saturated rings. The van der Waals surface area contributed by atoms with Crippen molar-refractivity contribution in [1.29, 1.82) is 0 Å². The first-order valence-corrected chi connectivity index (χ1v) is 9.92. The summed E-state index contributed by atoms with van der Waals surface area (Å²) in [6, 6.07) is 5.18. The highest BCUT2D eigenvalue weighted by Gasteiger charge is 2.52. The van der Waals surface area contributed by atoms with Crippen molar-refractivity contribution in [3.05, 3.63) is 35.6 Å². The van der Waals surface area contributed by atoms with Crippen LogP contribution in [0.15, 0.2) is 24.3 Å². The SMILES string of the molecule is COC(=O)[C@@H]1C2CCC(C[C@@H]1OC(=O)c1ccc(F)cc1)N2CCCCC(=O)O. The molecule has 0 saturated carbocycles. The van der Waals surface area contributed by atoms with E-state index in [4.69, 9.17) is 14.6 Å². The van der Waals surface area contributed by atoms with Gasteiger partial charge in [0.05, 0.1) is 12.7 Å². The molecule has 2 bridgehead atoms. The van der Waals surface area contributed by atoms with E-state index in [1.165, 1.54) is 31.4 Å². The molecule has 1 aromatic carbocycles. The molecule has 4 atom stereocenters. The van der Waals surface area contributed by atoms with Crippen LogP contribution < -0.4 is 0 Å². The van der Waals surface area contributed by atoms with Crippen molar-refractivity contribution in [3.63, 3.8) is 0 Å². The number of aliphatic carboxylic acids is 1. The number of benzene rings is 1. The molecule has 1 N–H and O–H groups in total. The number of carboxylic acid groups (broad SMARTS) is 1. The van der Waals surface area contributed by atoms with Gasteiger partial charge in [0.2, 0.25) is 0 Å². The van der Waals surface area contributed by atoms with E-state index in [2.05, 4.69) is 4.90 Å². The Kier molecular flexibility index (Phi) is 6.84. The van der Waals surface area contributed by atoms with Crippen LogP contribution >= 0.6 is 0 Å². The molecule has 0 radical (unpaired) electrons. The van der Waals surface area contributed by atoms with E-state index in [-0.39, 0.29) is 24.1 Å². The molecule has 3 rings (SSSR count). The lowest BCUT2D eigenvalue weighted by Gasteiger charge is -2.42. The zero-order chi connectivity index (χ0) is 21.0. The van der Waals surface area contributed by atoms with Crippen LogP contribution in [0.4, 0.5) is 4.39 Å². The molecule has 29 heavy (non-hydrogen) atoms. The molecule has 2 aliphatic heterocycles. The summed E-state index contributed by atoms with van der Waals surface area (Å²) in [7, 11) is 1.32. The number of rotatable bonds is 8. The number of hydrogen-bond donors (Lipinski definition) is 1. The van der Waals surface area contributed by atoms with Gasteiger partial charge in [0.25, 0.3) is 0 Å². The van der Waals surface area contributed by atoms with Crippen molar-refractivity contribution in [2.24, 2.45) is 5.92 Å². The van der Waals surface area contributed by atoms with Crippen molar-refractivity contribution in [2.75, 3.05) is 13.7 Å². The zero-order valence-electron chi connectivity index (χ0n) is 16.4. The number of halogens is 1. The van der Waals surface area contributed by atoms with Crippen LogP contribution in [0, 0.1) is 11.7 Å². The minimum absolute atomic E-state index is 0.1000. The van der Waals surface area contributed by atoms with Gasteiger partial charge in [-0.3, -0.25) is 14.5 Å². The van der Waals surface area contributed by atoms with Crippen molar-refractivity contribution in [3.8, 4) is 0 Å². The average molecular weight is 407 g/mol. The van der Waals surface area contributed by atoms with Gasteiger partial charge in [-0.1, -0.05) is 0 Å². The fourth-order valence-electron chi connectivity index (χ4n) is 4.54. The molecular weight excluding hydrogens is 381 g/mol. The number of esters is 2. The predicted molar refractivity (Wildman–Crippen MR) is 101 cm³/mol. The van der Waals surface area contributed by atoms with E-state index in [1.54, 1.807) is 0 Å². The molecule has 158 valence electrons. The lowest BCUT2D eigenvalue weighted by atomic mass is 9.87. The quantitative estimate of drug-likeness (QED) is 0.523. The van der Waals surface area contributed by atoms with Crippen LogP contribution in [0.1, 0.15) is 48.9 Å². The number of piperidine rings is 1. The molecule has 2 saturated heterocycles. The van der Waals surface area contributed by atoms with Crippen LogP contribution in [-0.2, 0) is 19.1 Å². The van der Waals surface area contributed by atoms with E-state index in [1.807, 2.05) is 0 Å². The summed E-state index contributed by atoms with van der Waals surface area (Å²) in [6.07, 6.45) is 3.04. The third-order valence-electron chi connectivity index (χ3n) is 5.88. The summed E-state index contributed by atoms with van der Waals surface area (Å²) in [5.41, 5.74) is 0.235. The predicted octanol–water partition coefficient (Wildman–Crippen LogP) is 2.63. The summed E-state index contributed by atoms with van der Waals surface area (Å²) in [5, 5.41) is 8.80. The Morgan fingerprint density at radius 1 is 1.17 bits per heavy atom. The molecule has 0 aromatic heterocycles. The van der Waals surface area contributed by atoms with Gasteiger partial charge in [0.15, 0.2) is 0 Å². The molecule has 1 aromatic rings. The highest BCUT2D eigenvalue weighted by Crippen LogP contribution is 2.41. The molecule has 2 unspecified atom stereocenters. The summed E-state index contributed by atoms with van der Waals surface area (Å²) in [5.74, 6) is -2.85. The summed E-state index contributed by atoms with van der Waals surface area (Å²) in [6.45, 7) is 0.703. The summed E-state index contributed by atoms with van der Waals surface area (Å²) < 4.78 is 23.8. The maximum Gasteiger partial charge on any atom is 0.338 e. The fraction of sp³-hybridized carbons (Fsp3) is 0.571. The first kappa shape index (κ1) is 21.2. The molecule has 8 heteroatoms. The third-order valence-corrected chi connectivity index (χ3v) is 5.88. The third kappa shape index (κ3) is 4.93. The van der Waals surface area contributed by atoms with Gasteiger partial charge in [-0.25, -0.2) is 9.18 Å². The smallest absolute Gasteiger partial charge is 0.338 e. The Balaban J connectivity index is 1.69. The van der Waals surface area contributed by atoms with E-state index in [0.29, 0.717) is 19.4 Å². The number of methoxy groups -OCH3 is 1. The second-order valence-electron chi connectivity index (χ2n) is 7.62. The average Bonchev–Trinajstić information content (AvgIpc) is 2.97. The maximum absolute atomic E-state index is 13.1. The highest BCUT2D eigenvalue weighted by molar-refractivity contribution is 5.89. The molecule has 2 aliphatic rings. The second kappa shape index (κ2) is 9.35. The van der Waals surface area contributed by atoms with Gasteiger partial charge in [0.1, 0.15) is 17.8 Å². The first-order valence-electron chi connectivity index (χ1n) is 9.92. The van der Waals surface area contributed by atoms with Crippen LogP contribution in [-0.4, -0.2) is 59.8 Å². The van der Waals surface area contributed by atoms with Crippen LogP contribution in [0.3, 0.4) is 0 Å². The first-order chi connectivity index (χ1) is 13.9. The molecule has 7 nitrogen and oxygen atoms in total. The van der Waals surface area contributed by atoms with Crippen LogP contribution in [0.25, 0.3) is 0 Å². The van der Waals surface area contributed by atoms with Gasteiger partial charge in [-0.15, -0.1) is 0 Å². The Bertz CT molecular complexity index is 752. The topological polar surface area (TPSA) is 93.1 Å². The highest BCUT2D eigenvalue weighted by atomic mass is 19.1. The number of ether oxygens (including phenoxy) is 2. The number of unbranched alkanes of at least 4 members (excludes halogenated alkanes) is 1. The van der Waals surface area contributed by atoms with Crippen LogP contribution in [0.5, 0.6) is 0 Å². The Hall–Kier alpha value is -2.48. The second-order valence-corrected chi connectivity index (χ2v) is 7.62. The van der Waals surface area contributed by atoms with E-state index in [9.17, 15) is 18.8 Å². The number of nitrogens with zero attached hydrogens (tertiary/aromatic N) is 1. The molecular formula is C21H26FNO6. The minimum atomic E-state index is -0.813. The fourth-order valence-corrected chi connectivity index (χ4v) is 4.54. The lowest BCUT2D eigenvalue weighted by Crippen LogP contribution is -2.55. The molecule has 0 spiro atoms. The Morgan fingerprint density at radius 3 is 2.55 bits per heavy atom. The van der Waals surface area contributed by atoms with E-state index in [0.717, 1.165) is 19.3 Å². The van der Waals surface area contributed by atoms with Gasteiger partial charge in [0, 0.05) is 24.9 Å². The molecule has 0 aliphatic carbocycles. The summed E-state index contributed by atoms with van der Waals surface area (Å²) in [4.78, 5) is 38.0. The number of carboxylic acids is 1. The Labute approximate surface area is 168 Å². The lowest BCUT2D eigenvalue weighted by molar-refractivity contribution is -0.156. The van der Waals surface area contributed by atoms with Crippen molar-refractivity contribution in [1.82, 2.24) is 4.90 Å². The number of carbonyl (C=O) groups excluding carboxylic acids is 2. The Morgan fingerprint density at radius 2 is 1.90 bits per heavy atom. The standard InChI is InChI=1S/C21H26FNO6/c1-28-21(27)19-16-10-9-15(23(16)11-3-2-4-18(24)25)12-17(19)29-20(26)13-5-7-14(22)8-6-13/h5-8,15-17,19H,2-4,9-12H2,1H3,(H,24,25)/t15?,16?,17-,19+/m0/s1. The molecule has 0 amide bonds. The minimum Gasteiger partial charge on any atom is -0.481 e. The number of carbonyl (C=O) groups is 3. The number of fused-ring (bicyclic) bond motifs is 2. The van der Waals surface area contributed by atoms with Gasteiger partial charge in [-0.05, 0) is 56.5 Å². The van der Waals surface area contributed by atoms with Gasteiger partial charge < -0.3 is 14.6 Å². The summed E-state index contributed by atoms with van der Waals surface area (Å²) >= 11 is 0. The monoisotopic (exact) mass is 407 g/mol.